The van der Waals surface area contributed by atoms with Crippen LogP contribution in [0, 0.1) is 0 Å². The van der Waals surface area contributed by atoms with Gasteiger partial charge in [0.1, 0.15) is 11.5 Å². The highest BCUT2D eigenvalue weighted by atomic mass is 35.5. The number of hydrogen-bond donors (Lipinski definition) is 0. The number of hydrogen-bond acceptors (Lipinski definition) is 4. The van der Waals surface area contributed by atoms with E-state index in [9.17, 15) is 13.2 Å². The van der Waals surface area contributed by atoms with Gasteiger partial charge in [-0.2, -0.15) is 0 Å². The molecule has 19 heavy (non-hydrogen) atoms. The molecule has 0 spiro atoms. The summed E-state index contributed by atoms with van der Waals surface area (Å²) in [6.45, 7) is 0. The van der Waals surface area contributed by atoms with Crippen molar-refractivity contribution in [3.8, 4) is 0 Å². The lowest BCUT2D eigenvalue weighted by atomic mass is 10.2. The summed E-state index contributed by atoms with van der Waals surface area (Å²) in [4.78, 5) is 10.5. The largest absolute Gasteiger partial charge is 0.457 e. The quantitative estimate of drug-likeness (QED) is 0.796. The van der Waals surface area contributed by atoms with Gasteiger partial charge in [0, 0.05) is 5.02 Å². The molecule has 0 amide bonds. The van der Waals surface area contributed by atoms with E-state index in [-0.39, 0.29) is 23.0 Å². The average molecular weight is 299 g/mol. The summed E-state index contributed by atoms with van der Waals surface area (Å²) >= 11 is 5.93. The van der Waals surface area contributed by atoms with Crippen LogP contribution in [0.4, 0.5) is 0 Å². The molecule has 0 bridgehead atoms. The van der Waals surface area contributed by atoms with Crippen LogP contribution in [0.25, 0.3) is 0 Å². The van der Waals surface area contributed by atoms with Gasteiger partial charge in [-0.3, -0.25) is 4.79 Å². The SMILES string of the molecule is O=Cc1ccc(CS(=O)(=O)Cc2ccccc2Cl)o1. The molecule has 6 heteroatoms. The third kappa shape index (κ3) is 3.68. The second-order valence-corrected chi connectivity index (χ2v) is 6.52. The Kier molecular flexibility index (Phi) is 4.07. The van der Waals surface area contributed by atoms with E-state index in [1.54, 1.807) is 24.3 Å². The Balaban J connectivity index is 2.15. The lowest BCUT2D eigenvalue weighted by molar-refractivity contribution is 0.109. The first-order valence-electron chi connectivity index (χ1n) is 5.48. The number of halogens is 1. The van der Waals surface area contributed by atoms with E-state index in [2.05, 4.69) is 0 Å². The van der Waals surface area contributed by atoms with Crippen molar-refractivity contribution in [1.82, 2.24) is 0 Å². The fraction of sp³-hybridized carbons (Fsp3) is 0.154. The van der Waals surface area contributed by atoms with E-state index in [0.717, 1.165) is 0 Å². The second-order valence-electron chi connectivity index (χ2n) is 4.05. The fourth-order valence-corrected chi connectivity index (χ4v) is 3.35. The maximum Gasteiger partial charge on any atom is 0.185 e. The van der Waals surface area contributed by atoms with Gasteiger partial charge >= 0.3 is 0 Å². The zero-order valence-electron chi connectivity index (χ0n) is 9.87. The van der Waals surface area contributed by atoms with Gasteiger partial charge in [0.2, 0.25) is 0 Å². The number of aldehydes is 1. The Morgan fingerprint density at radius 1 is 1.11 bits per heavy atom. The van der Waals surface area contributed by atoms with Gasteiger partial charge in [0.05, 0.1) is 5.75 Å². The molecule has 0 atom stereocenters. The average Bonchev–Trinajstić information content (AvgIpc) is 2.78. The maximum atomic E-state index is 12.0. The van der Waals surface area contributed by atoms with E-state index < -0.39 is 9.84 Å². The van der Waals surface area contributed by atoms with Crippen LogP contribution in [0.5, 0.6) is 0 Å². The van der Waals surface area contributed by atoms with Gasteiger partial charge in [-0.15, -0.1) is 0 Å². The molecule has 0 fully saturated rings. The summed E-state index contributed by atoms with van der Waals surface area (Å²) in [6.07, 6.45) is 0.532. The van der Waals surface area contributed by atoms with E-state index in [1.165, 1.54) is 12.1 Å². The monoisotopic (exact) mass is 298 g/mol. The molecule has 100 valence electrons. The third-order valence-corrected chi connectivity index (χ3v) is 4.34. The molecule has 2 rings (SSSR count). The highest BCUT2D eigenvalue weighted by Crippen LogP contribution is 2.20. The Bertz CT molecular complexity index is 688. The van der Waals surface area contributed by atoms with E-state index in [4.69, 9.17) is 16.0 Å². The molecule has 0 unspecified atom stereocenters. The minimum atomic E-state index is -3.40. The van der Waals surface area contributed by atoms with Crippen molar-refractivity contribution in [3.63, 3.8) is 0 Å². The Morgan fingerprint density at radius 3 is 2.47 bits per heavy atom. The lowest BCUT2D eigenvalue weighted by Crippen LogP contribution is -2.07. The van der Waals surface area contributed by atoms with Crippen molar-refractivity contribution in [1.29, 1.82) is 0 Å². The number of carbonyl (C=O) groups excluding carboxylic acids is 1. The normalized spacial score (nSPS) is 11.4. The smallest absolute Gasteiger partial charge is 0.185 e. The van der Waals surface area contributed by atoms with Gasteiger partial charge in [-0.25, -0.2) is 8.42 Å². The summed E-state index contributed by atoms with van der Waals surface area (Å²) in [7, 11) is -3.40. The van der Waals surface area contributed by atoms with Crippen LogP contribution in [0.2, 0.25) is 5.02 Å². The van der Waals surface area contributed by atoms with Gasteiger partial charge in [-0.1, -0.05) is 29.8 Å². The van der Waals surface area contributed by atoms with Crippen molar-refractivity contribution in [2.75, 3.05) is 0 Å². The highest BCUT2D eigenvalue weighted by Gasteiger charge is 2.17. The molecule has 0 saturated heterocycles. The molecule has 0 aliphatic carbocycles. The first kappa shape index (κ1) is 13.8. The summed E-state index contributed by atoms with van der Waals surface area (Å²) in [6, 6.07) is 9.69. The zero-order chi connectivity index (χ0) is 13.9. The number of carbonyl (C=O) groups is 1. The first-order valence-corrected chi connectivity index (χ1v) is 7.68. The van der Waals surface area contributed by atoms with E-state index in [0.29, 0.717) is 16.9 Å². The molecule has 1 aromatic carbocycles. The molecular weight excluding hydrogens is 288 g/mol. The Hall–Kier alpha value is -1.59. The summed E-state index contributed by atoms with van der Waals surface area (Å²) < 4.78 is 29.1. The molecule has 0 radical (unpaired) electrons. The summed E-state index contributed by atoms with van der Waals surface area (Å²) in [5.74, 6) is -0.0624. The zero-order valence-corrected chi connectivity index (χ0v) is 11.4. The molecule has 0 aliphatic heterocycles. The highest BCUT2D eigenvalue weighted by molar-refractivity contribution is 7.89. The molecule has 0 N–H and O–H groups in total. The molecular formula is C13H11ClO4S. The number of benzene rings is 1. The van der Waals surface area contributed by atoms with Crippen LogP contribution in [0.3, 0.4) is 0 Å². The second kappa shape index (κ2) is 5.59. The van der Waals surface area contributed by atoms with Crippen molar-refractivity contribution in [2.24, 2.45) is 0 Å². The predicted molar refractivity (Wildman–Crippen MR) is 71.9 cm³/mol. The van der Waals surface area contributed by atoms with Crippen LogP contribution in [-0.2, 0) is 21.3 Å². The van der Waals surface area contributed by atoms with Gasteiger partial charge in [0.15, 0.2) is 21.9 Å². The van der Waals surface area contributed by atoms with Crippen LogP contribution >= 0.6 is 11.6 Å². The van der Waals surface area contributed by atoms with Crippen molar-refractivity contribution in [2.45, 2.75) is 11.5 Å². The molecule has 1 heterocycles. The minimum Gasteiger partial charge on any atom is -0.457 e. The van der Waals surface area contributed by atoms with Crippen molar-refractivity contribution in [3.05, 3.63) is 58.5 Å². The van der Waals surface area contributed by atoms with Crippen LogP contribution in [0.1, 0.15) is 21.9 Å². The fourth-order valence-electron chi connectivity index (χ4n) is 1.66. The predicted octanol–water partition coefficient (Wildman–Crippen LogP) is 2.86. The molecule has 2 aromatic rings. The van der Waals surface area contributed by atoms with Gasteiger partial charge in [-0.05, 0) is 23.8 Å². The molecule has 1 aromatic heterocycles. The minimum absolute atomic E-state index is 0.114. The number of rotatable bonds is 5. The van der Waals surface area contributed by atoms with Crippen molar-refractivity contribution >= 4 is 27.7 Å². The van der Waals surface area contributed by atoms with Gasteiger partial charge < -0.3 is 4.42 Å². The first-order chi connectivity index (χ1) is 9.00. The Labute approximate surface area is 115 Å². The van der Waals surface area contributed by atoms with Crippen molar-refractivity contribution < 1.29 is 17.6 Å². The summed E-state index contributed by atoms with van der Waals surface area (Å²) in [5.41, 5.74) is 0.548. The standard InChI is InChI=1S/C13H11ClO4S/c14-13-4-2-1-3-10(13)8-19(16,17)9-12-6-5-11(7-15)18-12/h1-7H,8-9H2. The van der Waals surface area contributed by atoms with Crippen LogP contribution in [-0.4, -0.2) is 14.7 Å². The van der Waals surface area contributed by atoms with E-state index >= 15 is 0 Å². The maximum absolute atomic E-state index is 12.0. The Morgan fingerprint density at radius 2 is 1.84 bits per heavy atom. The number of sulfone groups is 1. The molecule has 0 aliphatic rings. The molecule has 4 nitrogen and oxygen atoms in total. The van der Waals surface area contributed by atoms with Crippen LogP contribution < -0.4 is 0 Å². The lowest BCUT2D eigenvalue weighted by Gasteiger charge is -2.04. The topological polar surface area (TPSA) is 64.3 Å². The van der Waals surface area contributed by atoms with Gasteiger partial charge in [0.25, 0.3) is 0 Å². The molecule has 0 saturated carbocycles. The number of furan rings is 1. The summed E-state index contributed by atoms with van der Waals surface area (Å²) in [5, 5.41) is 0.416. The third-order valence-electron chi connectivity index (χ3n) is 2.49. The van der Waals surface area contributed by atoms with E-state index in [1.807, 2.05) is 0 Å². The van der Waals surface area contributed by atoms with Crippen LogP contribution in [0.15, 0.2) is 40.8 Å².